The molecule has 0 spiro atoms. The predicted octanol–water partition coefficient (Wildman–Crippen LogP) is 2.79. The molecule has 7 heteroatoms. The number of nitrogens with one attached hydrogen (secondary N) is 2. The van der Waals surface area contributed by atoms with Crippen LogP contribution in [0.25, 0.3) is 0 Å². The van der Waals surface area contributed by atoms with Crippen molar-refractivity contribution in [1.29, 1.82) is 0 Å². The Hall–Kier alpha value is -0.180. The molecule has 1 aliphatic heterocycles. The van der Waals surface area contributed by atoms with E-state index in [0.717, 1.165) is 32.0 Å². The van der Waals surface area contributed by atoms with Crippen LogP contribution < -0.4 is 10.6 Å². The minimum Gasteiger partial charge on any atom is -0.466 e. The topological polar surface area (TPSA) is 62.7 Å². The van der Waals surface area contributed by atoms with Gasteiger partial charge in [0.25, 0.3) is 0 Å². The van der Waals surface area contributed by atoms with Crippen molar-refractivity contribution < 1.29 is 9.53 Å². The smallest absolute Gasteiger partial charge is 0.305 e. The third-order valence-electron chi connectivity index (χ3n) is 3.37. The Bertz CT molecular complexity index is 348. The molecule has 5 nitrogen and oxygen atoms in total. The molecular weight excluding hydrogens is 413 g/mol. The lowest BCUT2D eigenvalue weighted by atomic mass is 10.1. The largest absolute Gasteiger partial charge is 0.466 e. The average molecular weight is 443 g/mol. The van der Waals surface area contributed by atoms with Crippen LogP contribution in [0.1, 0.15) is 46.5 Å². The molecule has 0 bridgehead atoms. The minimum absolute atomic E-state index is 0. The maximum Gasteiger partial charge on any atom is 0.305 e. The summed E-state index contributed by atoms with van der Waals surface area (Å²) >= 11 is 2.02. The molecule has 1 heterocycles. The second kappa shape index (κ2) is 12.3. The van der Waals surface area contributed by atoms with Gasteiger partial charge in [0.15, 0.2) is 5.96 Å². The molecule has 0 aromatic heterocycles. The van der Waals surface area contributed by atoms with Crippen molar-refractivity contribution in [1.82, 2.24) is 10.6 Å². The summed E-state index contributed by atoms with van der Waals surface area (Å²) in [6, 6.07) is 0. The zero-order valence-electron chi connectivity index (χ0n) is 13.9. The van der Waals surface area contributed by atoms with Crippen molar-refractivity contribution in [2.45, 2.75) is 51.2 Å². The van der Waals surface area contributed by atoms with Gasteiger partial charge in [-0.3, -0.25) is 9.79 Å². The van der Waals surface area contributed by atoms with Crippen LogP contribution in [0.4, 0.5) is 0 Å². The first-order valence-corrected chi connectivity index (χ1v) is 8.90. The fraction of sp³-hybridized carbons (Fsp3) is 0.867. The molecule has 1 saturated heterocycles. The van der Waals surface area contributed by atoms with Crippen LogP contribution in [0, 0.1) is 0 Å². The molecule has 1 aliphatic rings. The molecule has 2 N–H and O–H groups in total. The van der Waals surface area contributed by atoms with Crippen LogP contribution in [0.2, 0.25) is 0 Å². The van der Waals surface area contributed by atoms with E-state index in [2.05, 4.69) is 29.5 Å². The van der Waals surface area contributed by atoms with E-state index < -0.39 is 0 Å². The quantitative estimate of drug-likeness (QED) is 0.199. The van der Waals surface area contributed by atoms with Gasteiger partial charge in [0.05, 0.1) is 13.2 Å². The number of nitrogens with zero attached hydrogens (tertiary/aromatic N) is 1. The van der Waals surface area contributed by atoms with E-state index >= 15 is 0 Å². The fourth-order valence-electron chi connectivity index (χ4n) is 2.22. The van der Waals surface area contributed by atoms with Crippen molar-refractivity contribution in [3.8, 4) is 0 Å². The van der Waals surface area contributed by atoms with Gasteiger partial charge in [-0.25, -0.2) is 0 Å². The van der Waals surface area contributed by atoms with E-state index in [0.29, 0.717) is 13.0 Å². The normalized spacial score (nSPS) is 21.1. The summed E-state index contributed by atoms with van der Waals surface area (Å²) in [5, 5.41) is 6.53. The number of hydrogen-bond acceptors (Lipinski definition) is 4. The van der Waals surface area contributed by atoms with E-state index in [4.69, 9.17) is 4.74 Å². The van der Waals surface area contributed by atoms with Crippen LogP contribution >= 0.6 is 35.7 Å². The Morgan fingerprint density at radius 3 is 2.73 bits per heavy atom. The highest BCUT2D eigenvalue weighted by Crippen LogP contribution is 2.37. The molecule has 22 heavy (non-hydrogen) atoms. The molecular formula is C15H30IN3O2S. The monoisotopic (exact) mass is 443 g/mol. The first kappa shape index (κ1) is 21.8. The molecule has 130 valence electrons. The fourth-order valence-corrected chi connectivity index (χ4v) is 3.45. The Balaban J connectivity index is 0.00000441. The number of rotatable bonds is 8. The SMILES string of the molecule is CCNC(=NCC1(C)CCCS1)NCCCC(=O)OCC.I. The Morgan fingerprint density at radius 2 is 2.14 bits per heavy atom. The molecule has 1 fully saturated rings. The van der Waals surface area contributed by atoms with Gasteiger partial charge in [-0.1, -0.05) is 0 Å². The van der Waals surface area contributed by atoms with Crippen LogP contribution in [0.5, 0.6) is 0 Å². The number of carbonyl (C=O) groups is 1. The highest BCUT2D eigenvalue weighted by atomic mass is 127. The van der Waals surface area contributed by atoms with Gasteiger partial charge in [0.1, 0.15) is 0 Å². The third-order valence-corrected chi connectivity index (χ3v) is 4.89. The van der Waals surface area contributed by atoms with Crippen LogP contribution in [0.15, 0.2) is 4.99 Å². The van der Waals surface area contributed by atoms with E-state index in [1.165, 1.54) is 18.6 Å². The summed E-state index contributed by atoms with van der Waals surface area (Å²) in [5.74, 6) is 1.96. The molecule has 1 rings (SSSR count). The van der Waals surface area contributed by atoms with Crippen molar-refractivity contribution >= 4 is 47.7 Å². The number of guanidine groups is 1. The summed E-state index contributed by atoms with van der Waals surface area (Å²) < 4.78 is 5.19. The van der Waals surface area contributed by atoms with E-state index in [-0.39, 0.29) is 34.7 Å². The maximum atomic E-state index is 11.3. The van der Waals surface area contributed by atoms with Crippen molar-refractivity contribution in [3.63, 3.8) is 0 Å². The standard InChI is InChI=1S/C15H29N3O2S.HI/c1-4-16-14(17-10-6-8-13(19)20-5-2)18-12-15(3)9-7-11-21-15;/h4-12H2,1-3H3,(H2,16,17,18);1H. The molecule has 1 unspecified atom stereocenters. The lowest BCUT2D eigenvalue weighted by molar-refractivity contribution is -0.143. The molecule has 1 atom stereocenters. The first-order valence-electron chi connectivity index (χ1n) is 7.91. The lowest BCUT2D eigenvalue weighted by Crippen LogP contribution is -2.39. The van der Waals surface area contributed by atoms with Gasteiger partial charge < -0.3 is 15.4 Å². The van der Waals surface area contributed by atoms with Gasteiger partial charge in [-0.2, -0.15) is 11.8 Å². The van der Waals surface area contributed by atoms with Gasteiger partial charge >= 0.3 is 5.97 Å². The third kappa shape index (κ3) is 9.07. The number of thioether (sulfide) groups is 1. The highest BCUT2D eigenvalue weighted by molar-refractivity contribution is 14.0. The number of halogens is 1. The van der Waals surface area contributed by atoms with E-state index in [1.54, 1.807) is 0 Å². The van der Waals surface area contributed by atoms with Crippen LogP contribution in [-0.2, 0) is 9.53 Å². The molecule has 0 radical (unpaired) electrons. The molecule has 0 aromatic carbocycles. The predicted molar refractivity (Wildman–Crippen MR) is 105 cm³/mol. The van der Waals surface area contributed by atoms with E-state index in [9.17, 15) is 4.79 Å². The summed E-state index contributed by atoms with van der Waals surface area (Å²) in [6.07, 6.45) is 3.74. The van der Waals surface area contributed by atoms with E-state index in [1.807, 2.05) is 18.7 Å². The van der Waals surface area contributed by atoms with Gasteiger partial charge in [0, 0.05) is 24.3 Å². The van der Waals surface area contributed by atoms with Crippen molar-refractivity contribution in [2.24, 2.45) is 4.99 Å². The summed E-state index contributed by atoms with van der Waals surface area (Å²) in [7, 11) is 0. The maximum absolute atomic E-state index is 11.3. The minimum atomic E-state index is -0.129. The lowest BCUT2D eigenvalue weighted by Gasteiger charge is -2.21. The number of esters is 1. The van der Waals surface area contributed by atoms with Gasteiger partial charge in [-0.05, 0) is 45.8 Å². The molecule has 0 aliphatic carbocycles. The zero-order chi connectivity index (χ0) is 15.6. The van der Waals surface area contributed by atoms with Crippen LogP contribution in [0.3, 0.4) is 0 Å². The number of aliphatic imine (C=N–C) groups is 1. The number of hydrogen-bond donors (Lipinski definition) is 2. The first-order chi connectivity index (χ1) is 10.1. The molecule has 0 aromatic rings. The Labute approximate surface area is 155 Å². The zero-order valence-corrected chi connectivity index (χ0v) is 17.1. The van der Waals surface area contributed by atoms with Crippen LogP contribution in [-0.4, -0.2) is 48.7 Å². The second-order valence-corrected chi connectivity index (χ2v) is 7.11. The summed E-state index contributed by atoms with van der Waals surface area (Å²) in [4.78, 5) is 15.9. The van der Waals surface area contributed by atoms with Crippen molar-refractivity contribution in [2.75, 3.05) is 32.0 Å². The van der Waals surface area contributed by atoms with Crippen molar-refractivity contribution in [3.05, 3.63) is 0 Å². The summed E-state index contributed by atoms with van der Waals surface area (Å²) in [5.41, 5.74) is 0. The Morgan fingerprint density at radius 1 is 1.36 bits per heavy atom. The highest BCUT2D eigenvalue weighted by Gasteiger charge is 2.29. The Kier molecular flexibility index (Phi) is 12.2. The number of ether oxygens (including phenoxy) is 1. The molecule has 0 amide bonds. The molecule has 0 saturated carbocycles. The summed E-state index contributed by atoms with van der Waals surface area (Å²) in [6.45, 7) is 9.04. The number of carbonyl (C=O) groups excluding carboxylic acids is 1. The van der Waals surface area contributed by atoms with Gasteiger partial charge in [-0.15, -0.1) is 24.0 Å². The second-order valence-electron chi connectivity index (χ2n) is 5.43. The van der Waals surface area contributed by atoms with Gasteiger partial charge in [0.2, 0.25) is 0 Å². The average Bonchev–Trinajstić information content (AvgIpc) is 2.88.